The van der Waals surface area contributed by atoms with E-state index >= 15 is 0 Å². The summed E-state index contributed by atoms with van der Waals surface area (Å²) in [6.07, 6.45) is 7.69. The van der Waals surface area contributed by atoms with Gasteiger partial charge in [-0.25, -0.2) is 0 Å². The minimum absolute atomic E-state index is 0.348. The van der Waals surface area contributed by atoms with Gasteiger partial charge in [-0.15, -0.1) is 0 Å². The van der Waals surface area contributed by atoms with Crippen molar-refractivity contribution in [3.63, 3.8) is 0 Å². The van der Waals surface area contributed by atoms with Crippen molar-refractivity contribution >= 4 is 28.0 Å². The summed E-state index contributed by atoms with van der Waals surface area (Å²) in [7, 11) is 0. The fourth-order valence-corrected chi connectivity index (χ4v) is 19.7. The summed E-state index contributed by atoms with van der Waals surface area (Å²) in [5.74, 6) is 0. The first-order chi connectivity index (χ1) is 13.3. The Bertz CT molecular complexity index is 541. The zero-order valence-electron chi connectivity index (χ0n) is 19.2. The predicted molar refractivity (Wildman–Crippen MR) is 124 cm³/mol. The molecule has 160 valence electrons. The normalized spacial score (nSPS) is 12.1. The number of carbonyl (C=O) groups excluding carboxylic acids is 1. The van der Waals surface area contributed by atoms with E-state index in [0.717, 1.165) is 5.56 Å². The van der Waals surface area contributed by atoms with Crippen LogP contribution >= 0.6 is 0 Å². The van der Waals surface area contributed by atoms with Gasteiger partial charge >= 0.3 is 178 Å². The molecule has 4 heteroatoms. The molecule has 1 amide bonds. The van der Waals surface area contributed by atoms with Crippen molar-refractivity contribution in [3.8, 4) is 0 Å². The quantitative estimate of drug-likeness (QED) is 0.325. The molecular weight excluding hydrogens is 453 g/mol. The second-order valence-electron chi connectivity index (χ2n) is 9.14. The first kappa shape index (κ1) is 25.3. The van der Waals surface area contributed by atoms with Crippen LogP contribution in [-0.4, -0.2) is 30.1 Å². The zero-order valence-corrected chi connectivity index (χ0v) is 22.1. The molecule has 3 nitrogen and oxygen atoms in total. The molecule has 1 aromatic carbocycles. The molecule has 1 rings (SSSR count). The molecule has 0 aliphatic heterocycles. The van der Waals surface area contributed by atoms with Gasteiger partial charge in [-0.05, 0) is 0 Å². The first-order valence-corrected chi connectivity index (χ1v) is 18.8. The van der Waals surface area contributed by atoms with Gasteiger partial charge in [-0.2, -0.15) is 0 Å². The minimum atomic E-state index is -2.34. The Kier molecular flexibility index (Phi) is 11.5. The van der Waals surface area contributed by atoms with Crippen molar-refractivity contribution in [2.24, 2.45) is 0 Å². The van der Waals surface area contributed by atoms with E-state index in [1.54, 1.807) is 3.58 Å². The summed E-state index contributed by atoms with van der Waals surface area (Å²) < 4.78 is 11.5. The number of hydrogen-bond donors (Lipinski definition) is 1. The van der Waals surface area contributed by atoms with Crippen LogP contribution in [0.4, 0.5) is 4.79 Å². The van der Waals surface area contributed by atoms with E-state index in [9.17, 15) is 4.79 Å². The van der Waals surface area contributed by atoms with Gasteiger partial charge in [0.15, 0.2) is 0 Å². The fourth-order valence-electron chi connectivity index (χ4n) is 3.82. The number of carbonyl (C=O) groups is 1. The molecule has 0 aliphatic rings. The number of alkyl carbamates (subject to hydrolysis) is 1. The summed E-state index contributed by atoms with van der Waals surface area (Å²) in [5, 5.41) is 2.87. The van der Waals surface area contributed by atoms with Gasteiger partial charge in [0.1, 0.15) is 0 Å². The standard InChI is InChI=1S/C12H16NO2.3C4H9.Sn/c1-12(2,3)15-11(14)13-9-10-7-5-4-6-8-10;3*1-3-4-2;/h5-8H,9H2,1-3H3,(H,13,14);3*1,3-4H2,2H3;. The summed E-state index contributed by atoms with van der Waals surface area (Å²) >= 11 is -2.34. The maximum atomic E-state index is 11.9. The fraction of sp³-hybridized carbons (Fsp3) is 0.708. The van der Waals surface area contributed by atoms with Crippen LogP contribution < -0.4 is 8.90 Å². The van der Waals surface area contributed by atoms with E-state index < -0.39 is 24.0 Å². The molecule has 0 saturated carbocycles. The Hall–Kier alpha value is -0.711. The zero-order chi connectivity index (χ0) is 21.0. The van der Waals surface area contributed by atoms with Crippen molar-refractivity contribution in [2.75, 3.05) is 0 Å². The third-order valence-electron chi connectivity index (χ3n) is 5.43. The van der Waals surface area contributed by atoms with Crippen LogP contribution in [0.5, 0.6) is 0 Å². The number of ether oxygens (including phenoxy) is 1. The topological polar surface area (TPSA) is 38.3 Å². The van der Waals surface area contributed by atoms with Crippen LogP contribution in [0.3, 0.4) is 0 Å². The molecule has 0 radical (unpaired) electrons. The summed E-state index contributed by atoms with van der Waals surface area (Å²) in [5.41, 5.74) is 0.691. The van der Waals surface area contributed by atoms with Crippen LogP contribution in [0, 0.1) is 0 Å². The number of unbranched alkanes of at least 4 members (excludes halogenated alkanes) is 3. The second-order valence-corrected chi connectivity index (χ2v) is 22.4. The molecule has 1 N–H and O–H groups in total. The summed E-state index contributed by atoms with van der Waals surface area (Å²) in [4.78, 5) is 11.9. The van der Waals surface area contributed by atoms with E-state index in [1.807, 2.05) is 20.8 Å². The third kappa shape index (κ3) is 9.19. The van der Waals surface area contributed by atoms with Gasteiger partial charge in [0.05, 0.1) is 0 Å². The number of amides is 1. The SMILES string of the molecule is CCC[CH2][Sn]([CH2]CCC)([CH2]CCC)[c]1ccc(CNC(=O)OC(C)(C)C)cc1. The van der Waals surface area contributed by atoms with E-state index in [0.29, 0.717) is 6.54 Å². The number of benzene rings is 1. The average Bonchev–Trinajstić information content (AvgIpc) is 2.65. The van der Waals surface area contributed by atoms with Crippen LogP contribution in [0.1, 0.15) is 85.6 Å². The van der Waals surface area contributed by atoms with Gasteiger partial charge in [0, 0.05) is 0 Å². The molecule has 0 aromatic heterocycles. The molecule has 0 unspecified atom stereocenters. The van der Waals surface area contributed by atoms with Gasteiger partial charge in [-0.3, -0.25) is 0 Å². The van der Waals surface area contributed by atoms with Crippen LogP contribution in [0.25, 0.3) is 0 Å². The molecule has 1 aromatic rings. The molecule has 0 heterocycles. The number of rotatable bonds is 12. The van der Waals surface area contributed by atoms with Crippen LogP contribution in [-0.2, 0) is 11.3 Å². The van der Waals surface area contributed by atoms with Crippen molar-refractivity contribution in [1.82, 2.24) is 5.32 Å². The van der Waals surface area contributed by atoms with Gasteiger partial charge in [0.25, 0.3) is 0 Å². The van der Waals surface area contributed by atoms with Crippen LogP contribution in [0.15, 0.2) is 24.3 Å². The van der Waals surface area contributed by atoms with E-state index in [4.69, 9.17) is 4.74 Å². The third-order valence-corrected chi connectivity index (χ3v) is 21.1. The molecule has 0 aliphatic carbocycles. The average molecular weight is 496 g/mol. The van der Waals surface area contributed by atoms with Crippen molar-refractivity contribution in [2.45, 2.75) is 106 Å². The van der Waals surface area contributed by atoms with Gasteiger partial charge in [-0.1, -0.05) is 0 Å². The maximum absolute atomic E-state index is 11.9. The predicted octanol–water partition coefficient (Wildman–Crippen LogP) is 6.77. The second kappa shape index (κ2) is 12.8. The van der Waals surface area contributed by atoms with Gasteiger partial charge < -0.3 is 0 Å². The summed E-state index contributed by atoms with van der Waals surface area (Å²) in [6.45, 7) is 13.1. The number of nitrogens with one attached hydrogen (secondary N) is 1. The monoisotopic (exact) mass is 497 g/mol. The number of hydrogen-bond acceptors (Lipinski definition) is 2. The molecule has 0 fully saturated rings. The Balaban J connectivity index is 2.88. The molecule has 28 heavy (non-hydrogen) atoms. The Morgan fingerprint density at radius 2 is 1.36 bits per heavy atom. The van der Waals surface area contributed by atoms with Crippen molar-refractivity contribution < 1.29 is 9.53 Å². The molecular formula is C24H43NO2Sn. The van der Waals surface area contributed by atoms with E-state index in [-0.39, 0.29) is 6.09 Å². The molecule has 0 spiro atoms. The van der Waals surface area contributed by atoms with Crippen molar-refractivity contribution in [1.29, 1.82) is 0 Å². The first-order valence-electron chi connectivity index (χ1n) is 11.3. The van der Waals surface area contributed by atoms with E-state index in [2.05, 4.69) is 50.4 Å². The Labute approximate surface area is 177 Å². The van der Waals surface area contributed by atoms with Crippen LogP contribution in [0.2, 0.25) is 13.3 Å². The molecule has 0 atom stereocenters. The molecule has 0 saturated heterocycles. The van der Waals surface area contributed by atoms with Gasteiger partial charge in [0.2, 0.25) is 0 Å². The summed E-state index contributed by atoms with van der Waals surface area (Å²) in [6, 6.07) is 9.23. The van der Waals surface area contributed by atoms with Crippen molar-refractivity contribution in [3.05, 3.63) is 29.8 Å². The van der Waals surface area contributed by atoms with E-state index in [1.165, 1.54) is 51.8 Å². The Morgan fingerprint density at radius 1 is 0.893 bits per heavy atom. The Morgan fingerprint density at radius 3 is 1.75 bits per heavy atom. The molecule has 0 bridgehead atoms.